The second-order valence-electron chi connectivity index (χ2n) is 3.84. The number of rotatable bonds is 4. The molecule has 0 aromatic heterocycles. The summed E-state index contributed by atoms with van der Waals surface area (Å²) < 4.78 is 9.15. The fraction of sp³-hybridized carbons (Fsp3) is 0.231. The van der Waals surface area contributed by atoms with Crippen LogP contribution in [0.5, 0.6) is 0 Å². The molecule has 0 N–H and O–H groups in total. The maximum atomic E-state index is 11.6. The number of hydrogen-bond donors (Lipinski definition) is 0. The summed E-state index contributed by atoms with van der Waals surface area (Å²) in [6, 6.07) is 7.89. The minimum atomic E-state index is -0.849. The number of aliphatic imine (C=N–C) groups is 1. The Hall–Kier alpha value is -2.50. The molecule has 98 valence electrons. The van der Waals surface area contributed by atoms with Gasteiger partial charge in [0, 0.05) is 0 Å². The Morgan fingerprint density at radius 3 is 2.63 bits per heavy atom. The average molecular weight is 261 g/mol. The Bertz CT molecular complexity index is 549. The molecular formula is C13H11NO5. The van der Waals surface area contributed by atoms with Crippen LogP contribution in [0.3, 0.4) is 0 Å². The van der Waals surface area contributed by atoms with Gasteiger partial charge in [-0.25, -0.2) is 9.79 Å². The van der Waals surface area contributed by atoms with E-state index in [-0.39, 0.29) is 5.90 Å². The number of esters is 2. The third kappa shape index (κ3) is 2.85. The molecule has 6 nitrogen and oxygen atoms in total. The van der Waals surface area contributed by atoms with Crippen LogP contribution in [-0.2, 0) is 23.9 Å². The predicted octanol–water partition coefficient (Wildman–Crippen LogP) is 0.815. The monoisotopic (exact) mass is 261 g/mol. The zero-order chi connectivity index (χ0) is 13.8. The summed E-state index contributed by atoms with van der Waals surface area (Å²) in [4.78, 5) is 38.2. The second kappa shape index (κ2) is 5.43. The minimum Gasteiger partial charge on any atom is -0.469 e. The molecule has 0 fully saturated rings. The first kappa shape index (κ1) is 12.9. The Kier molecular flexibility index (Phi) is 3.70. The lowest BCUT2D eigenvalue weighted by Crippen LogP contribution is -2.20. The predicted molar refractivity (Wildman–Crippen MR) is 64.4 cm³/mol. The summed E-state index contributed by atoms with van der Waals surface area (Å²) in [6.07, 6.45) is -0.496. The summed E-state index contributed by atoms with van der Waals surface area (Å²) in [6.45, 7) is 0. The van der Waals surface area contributed by atoms with Gasteiger partial charge in [-0.15, -0.1) is 0 Å². The largest absolute Gasteiger partial charge is 0.469 e. The van der Waals surface area contributed by atoms with Crippen molar-refractivity contribution in [1.82, 2.24) is 0 Å². The SMILES string of the molecule is COC(=O)CC(=O)C1=N[C@@H](c2ccccc2)C(=O)O1. The van der Waals surface area contributed by atoms with Crippen LogP contribution in [0, 0.1) is 0 Å². The lowest BCUT2D eigenvalue weighted by Gasteiger charge is -2.01. The van der Waals surface area contributed by atoms with Crippen molar-refractivity contribution in [2.45, 2.75) is 12.5 Å². The van der Waals surface area contributed by atoms with Gasteiger partial charge in [-0.1, -0.05) is 30.3 Å². The van der Waals surface area contributed by atoms with E-state index in [9.17, 15) is 14.4 Å². The van der Waals surface area contributed by atoms with Crippen LogP contribution in [0.4, 0.5) is 0 Å². The lowest BCUT2D eigenvalue weighted by molar-refractivity contribution is -0.143. The van der Waals surface area contributed by atoms with Crippen LogP contribution in [0.2, 0.25) is 0 Å². The first-order valence-corrected chi connectivity index (χ1v) is 5.56. The quantitative estimate of drug-likeness (QED) is 0.592. The molecule has 0 unspecified atom stereocenters. The summed E-state index contributed by atoms with van der Waals surface area (Å²) in [5.74, 6) is -2.34. The summed E-state index contributed by atoms with van der Waals surface area (Å²) in [5, 5.41) is 0. The normalized spacial score (nSPS) is 17.6. The van der Waals surface area contributed by atoms with Gasteiger partial charge in [-0.2, -0.15) is 0 Å². The van der Waals surface area contributed by atoms with E-state index in [1.54, 1.807) is 30.3 Å². The van der Waals surface area contributed by atoms with Gasteiger partial charge in [-0.05, 0) is 5.56 Å². The van der Waals surface area contributed by atoms with Crippen LogP contribution in [0.1, 0.15) is 18.0 Å². The zero-order valence-corrected chi connectivity index (χ0v) is 10.2. The molecule has 1 aliphatic rings. The average Bonchev–Trinajstić information content (AvgIpc) is 2.82. The molecule has 1 aliphatic heterocycles. The highest BCUT2D eigenvalue weighted by Gasteiger charge is 2.34. The Morgan fingerprint density at radius 2 is 2.00 bits per heavy atom. The molecule has 2 rings (SSSR count). The smallest absolute Gasteiger partial charge is 0.342 e. The van der Waals surface area contributed by atoms with Gasteiger partial charge in [0.1, 0.15) is 6.42 Å². The van der Waals surface area contributed by atoms with E-state index in [1.165, 1.54) is 7.11 Å². The molecule has 1 aromatic carbocycles. The van der Waals surface area contributed by atoms with Crippen LogP contribution >= 0.6 is 0 Å². The topological polar surface area (TPSA) is 82.0 Å². The van der Waals surface area contributed by atoms with Crippen molar-refractivity contribution in [1.29, 1.82) is 0 Å². The summed E-state index contributed by atoms with van der Waals surface area (Å²) in [7, 11) is 1.17. The van der Waals surface area contributed by atoms with Crippen molar-refractivity contribution in [2.24, 2.45) is 4.99 Å². The second-order valence-corrected chi connectivity index (χ2v) is 3.84. The van der Waals surface area contributed by atoms with Gasteiger partial charge in [0.2, 0.25) is 5.78 Å². The van der Waals surface area contributed by atoms with Crippen molar-refractivity contribution >= 4 is 23.6 Å². The van der Waals surface area contributed by atoms with Crippen molar-refractivity contribution < 1.29 is 23.9 Å². The van der Waals surface area contributed by atoms with Gasteiger partial charge in [0.05, 0.1) is 7.11 Å². The molecule has 0 spiro atoms. The maximum absolute atomic E-state index is 11.6. The van der Waals surface area contributed by atoms with Crippen molar-refractivity contribution in [3.8, 4) is 0 Å². The maximum Gasteiger partial charge on any atom is 0.342 e. The Labute approximate surface area is 109 Å². The number of nitrogens with zero attached hydrogens (tertiary/aromatic N) is 1. The molecular weight excluding hydrogens is 250 g/mol. The summed E-state index contributed by atoms with van der Waals surface area (Å²) in [5.41, 5.74) is 0.633. The van der Waals surface area contributed by atoms with Crippen LogP contribution < -0.4 is 0 Å². The third-order valence-electron chi connectivity index (χ3n) is 2.55. The Morgan fingerprint density at radius 1 is 1.32 bits per heavy atom. The van der Waals surface area contributed by atoms with Gasteiger partial charge < -0.3 is 9.47 Å². The fourth-order valence-corrected chi connectivity index (χ4v) is 1.60. The number of cyclic esters (lactones) is 1. The first-order chi connectivity index (χ1) is 9.11. The van der Waals surface area contributed by atoms with Gasteiger partial charge in [-0.3, -0.25) is 9.59 Å². The number of Topliss-reactive ketones (excluding diaryl/α,β-unsaturated/α-hetero) is 1. The highest BCUT2D eigenvalue weighted by atomic mass is 16.6. The molecule has 0 saturated heterocycles. The molecule has 6 heteroatoms. The lowest BCUT2D eigenvalue weighted by atomic mass is 10.1. The Balaban J connectivity index is 2.15. The molecule has 1 heterocycles. The van der Waals surface area contributed by atoms with E-state index < -0.39 is 30.2 Å². The van der Waals surface area contributed by atoms with Gasteiger partial charge in [0.25, 0.3) is 5.90 Å². The third-order valence-corrected chi connectivity index (χ3v) is 2.55. The standard InChI is InChI=1S/C13H11NO5/c1-18-10(16)7-9(15)12-14-11(13(17)19-12)8-5-3-2-4-6-8/h2-6,11H,7H2,1H3/t11-/m0/s1. The number of carbonyl (C=O) groups excluding carboxylic acids is 3. The highest BCUT2D eigenvalue weighted by Crippen LogP contribution is 2.24. The number of carbonyl (C=O) groups is 3. The van der Waals surface area contributed by atoms with E-state index in [1.807, 2.05) is 0 Å². The molecule has 1 atom stereocenters. The van der Waals surface area contributed by atoms with Gasteiger partial charge >= 0.3 is 11.9 Å². The molecule has 0 radical (unpaired) electrons. The van der Waals surface area contributed by atoms with Crippen molar-refractivity contribution in [2.75, 3.05) is 7.11 Å². The number of ether oxygens (including phenoxy) is 2. The highest BCUT2D eigenvalue weighted by molar-refractivity contribution is 6.41. The first-order valence-electron chi connectivity index (χ1n) is 5.56. The molecule has 0 saturated carbocycles. The van der Waals surface area contributed by atoms with E-state index in [2.05, 4.69) is 9.73 Å². The number of hydrogen-bond acceptors (Lipinski definition) is 6. The molecule has 0 bridgehead atoms. The van der Waals surface area contributed by atoms with Crippen LogP contribution in [-0.4, -0.2) is 30.7 Å². The zero-order valence-electron chi connectivity index (χ0n) is 10.2. The fourth-order valence-electron chi connectivity index (χ4n) is 1.60. The van der Waals surface area contributed by atoms with E-state index >= 15 is 0 Å². The van der Waals surface area contributed by atoms with Crippen molar-refractivity contribution in [3.05, 3.63) is 35.9 Å². The van der Waals surface area contributed by atoms with E-state index in [0.29, 0.717) is 5.56 Å². The number of methoxy groups -OCH3 is 1. The molecule has 1 aromatic rings. The van der Waals surface area contributed by atoms with Crippen LogP contribution in [0.25, 0.3) is 0 Å². The van der Waals surface area contributed by atoms with Crippen molar-refractivity contribution in [3.63, 3.8) is 0 Å². The number of benzene rings is 1. The van der Waals surface area contributed by atoms with E-state index in [4.69, 9.17) is 4.74 Å². The number of ketones is 1. The molecule has 0 amide bonds. The molecule has 0 aliphatic carbocycles. The van der Waals surface area contributed by atoms with Crippen LogP contribution in [0.15, 0.2) is 35.3 Å². The van der Waals surface area contributed by atoms with E-state index in [0.717, 1.165) is 0 Å². The summed E-state index contributed by atoms with van der Waals surface area (Å²) >= 11 is 0. The minimum absolute atomic E-state index is 0.343. The molecule has 19 heavy (non-hydrogen) atoms. The van der Waals surface area contributed by atoms with Gasteiger partial charge in [0.15, 0.2) is 6.04 Å².